The van der Waals surface area contributed by atoms with Gasteiger partial charge in [0, 0.05) is 43.7 Å². The number of pyridine rings is 1. The van der Waals surface area contributed by atoms with Crippen LogP contribution in [0.25, 0.3) is 111 Å². The number of nitrogen functional groups attached to an aromatic ring is 1. The van der Waals surface area contributed by atoms with E-state index in [-0.39, 0.29) is 0 Å². The molecule has 12 rings (SSSR count). The fourth-order valence-corrected chi connectivity index (χ4v) is 9.27. The summed E-state index contributed by atoms with van der Waals surface area (Å²) in [5.41, 5.74) is 20.9. The van der Waals surface area contributed by atoms with Crippen molar-refractivity contribution < 1.29 is 4.42 Å². The Balaban J connectivity index is 1.05. The summed E-state index contributed by atoms with van der Waals surface area (Å²) in [4.78, 5) is 5.27. The maximum atomic E-state index is 6.70. The molecule has 2 N–H and O–H groups in total. The van der Waals surface area contributed by atoms with Gasteiger partial charge in [0.1, 0.15) is 16.9 Å². The Morgan fingerprint density at radius 1 is 0.500 bits per heavy atom. The van der Waals surface area contributed by atoms with Crippen LogP contribution in [0.4, 0.5) is 5.69 Å². The van der Waals surface area contributed by atoms with Crippen LogP contribution >= 0.6 is 0 Å². The first kappa shape index (κ1) is 32.4. The normalized spacial score (nSPS) is 12.2. The summed E-state index contributed by atoms with van der Waals surface area (Å²) in [5.74, 6) is 0.785. The van der Waals surface area contributed by atoms with E-state index in [2.05, 4.69) is 159 Å². The van der Waals surface area contributed by atoms with Crippen molar-refractivity contribution in [2.45, 2.75) is 6.92 Å². The van der Waals surface area contributed by atoms with E-state index < -0.39 is 0 Å². The molecule has 0 unspecified atom stereocenters. The van der Waals surface area contributed by atoms with Crippen LogP contribution in [0.2, 0.25) is 0 Å². The second-order valence-corrected chi connectivity index (χ2v) is 14.9. The Labute approximate surface area is 332 Å². The summed E-state index contributed by atoms with van der Waals surface area (Å²) in [5, 5.41) is 6.84. The predicted octanol–water partition coefficient (Wildman–Crippen LogP) is 13.4. The Morgan fingerprint density at radius 2 is 1.16 bits per heavy atom. The number of hydrogen-bond acceptors (Lipinski definition) is 3. The van der Waals surface area contributed by atoms with E-state index in [0.717, 1.165) is 72.6 Å². The number of fused-ring (bicyclic) bond motifs is 10. The molecule has 58 heavy (non-hydrogen) atoms. The number of aromatic nitrogens is 4. The lowest BCUT2D eigenvalue weighted by Gasteiger charge is -2.10. The highest BCUT2D eigenvalue weighted by atomic mass is 16.3. The zero-order valence-corrected chi connectivity index (χ0v) is 31.6. The van der Waals surface area contributed by atoms with E-state index in [9.17, 15) is 0 Å². The molecule has 0 amide bonds. The van der Waals surface area contributed by atoms with Crippen molar-refractivity contribution in [3.05, 3.63) is 182 Å². The van der Waals surface area contributed by atoms with Crippen LogP contribution < -0.4 is 5.73 Å². The fraction of sp³-hybridized carbons (Fsp3) is 0.0192. The maximum Gasteiger partial charge on any atom is 0.154 e. The topological polar surface area (TPSA) is 66.8 Å². The highest BCUT2D eigenvalue weighted by molar-refractivity contribution is 6.17. The zero-order valence-electron chi connectivity index (χ0n) is 31.6. The molecular weight excluding hydrogens is 711 g/mol. The monoisotopic (exact) mass is 745 g/mol. The highest BCUT2D eigenvalue weighted by Gasteiger charge is 2.20. The Hall–Kier alpha value is -7.83. The molecule has 0 aliphatic carbocycles. The average molecular weight is 746 g/mol. The number of anilines is 1. The summed E-state index contributed by atoms with van der Waals surface area (Å²) < 4.78 is 13.3. The van der Waals surface area contributed by atoms with Crippen LogP contribution in [0.15, 0.2) is 180 Å². The highest BCUT2D eigenvalue weighted by Crippen LogP contribution is 2.42. The number of para-hydroxylation sites is 4. The van der Waals surface area contributed by atoms with E-state index >= 15 is 0 Å². The lowest BCUT2D eigenvalue weighted by Crippen LogP contribution is -2.00. The number of nitrogens with two attached hydrogens (primary N) is 1. The third-order valence-corrected chi connectivity index (χ3v) is 11.7. The van der Waals surface area contributed by atoms with Crippen molar-refractivity contribution in [2.24, 2.45) is 0 Å². The molecule has 0 radical (unpaired) electrons. The number of furan rings is 1. The standard InChI is InChI=1S/C52H35N5O/c1-2-13-46-51(53)38-18-8-11-22-43(38)57(46)49-29-28-48-52(54-49)40-31-34(25-27-47(40)58-48)56-41-20-9-6-16-36(41)39-30-32(24-26-44(39)56)35-19-12-23-45-50(35)37-17-7-10-21-42(37)55(45)33-14-4-3-5-15-33/h2-31H,53H2,1H3/b13-2-. The molecule has 0 saturated heterocycles. The quantitative estimate of drug-likeness (QED) is 0.191. The molecule has 0 aliphatic heterocycles. The van der Waals surface area contributed by atoms with Gasteiger partial charge in [-0.2, -0.15) is 0 Å². The minimum Gasteiger partial charge on any atom is -0.454 e. The summed E-state index contributed by atoms with van der Waals surface area (Å²) in [6.07, 6.45) is 4.06. The minimum absolute atomic E-state index is 0.736. The van der Waals surface area contributed by atoms with E-state index in [4.69, 9.17) is 15.1 Å². The van der Waals surface area contributed by atoms with Gasteiger partial charge in [0.25, 0.3) is 0 Å². The van der Waals surface area contributed by atoms with Crippen molar-refractivity contribution in [1.29, 1.82) is 0 Å². The Morgan fingerprint density at radius 3 is 1.97 bits per heavy atom. The molecule has 0 bridgehead atoms. The second-order valence-electron chi connectivity index (χ2n) is 14.9. The van der Waals surface area contributed by atoms with Gasteiger partial charge in [-0.3, -0.25) is 4.57 Å². The number of allylic oxidation sites excluding steroid dienone is 1. The zero-order chi connectivity index (χ0) is 38.5. The first-order chi connectivity index (χ1) is 28.7. The first-order valence-corrected chi connectivity index (χ1v) is 19.6. The molecule has 0 aliphatic rings. The Kier molecular flexibility index (Phi) is 6.89. The lowest BCUT2D eigenvalue weighted by molar-refractivity contribution is 0.668. The molecule has 0 spiro atoms. The largest absolute Gasteiger partial charge is 0.454 e. The van der Waals surface area contributed by atoms with Crippen molar-refractivity contribution in [3.63, 3.8) is 0 Å². The van der Waals surface area contributed by atoms with Crippen molar-refractivity contribution >= 4 is 88.3 Å². The second kappa shape index (κ2) is 12.3. The third kappa shape index (κ3) is 4.57. The van der Waals surface area contributed by atoms with Gasteiger partial charge in [0.2, 0.25) is 0 Å². The molecule has 0 atom stereocenters. The molecular formula is C52H35N5O. The summed E-state index contributed by atoms with van der Waals surface area (Å²) >= 11 is 0. The van der Waals surface area contributed by atoms with Crippen molar-refractivity contribution in [3.8, 4) is 28.3 Å². The first-order valence-electron chi connectivity index (χ1n) is 19.6. The number of nitrogens with zero attached hydrogens (tertiary/aromatic N) is 4. The van der Waals surface area contributed by atoms with Crippen LogP contribution in [0, 0.1) is 0 Å². The van der Waals surface area contributed by atoms with Crippen molar-refractivity contribution in [2.75, 3.05) is 5.73 Å². The van der Waals surface area contributed by atoms with Crippen LogP contribution in [0.5, 0.6) is 0 Å². The van der Waals surface area contributed by atoms with E-state index in [0.29, 0.717) is 0 Å². The molecule has 274 valence electrons. The number of benzene rings is 7. The average Bonchev–Trinajstić information content (AvgIpc) is 4.00. The van der Waals surface area contributed by atoms with Crippen molar-refractivity contribution in [1.82, 2.24) is 18.7 Å². The summed E-state index contributed by atoms with van der Waals surface area (Å²) in [7, 11) is 0. The molecule has 12 aromatic rings. The van der Waals surface area contributed by atoms with E-state index in [1.54, 1.807) is 0 Å². The molecule has 5 heterocycles. The molecule has 6 heteroatoms. The number of rotatable bonds is 5. The maximum absolute atomic E-state index is 6.70. The van der Waals surface area contributed by atoms with Crippen LogP contribution in [0.1, 0.15) is 12.6 Å². The number of hydrogen-bond donors (Lipinski definition) is 1. The SMILES string of the molecule is C/C=C\c1c(N)c2ccccc2n1-c1ccc2oc3ccc(-n4c5ccccc5c5cc(-c6cccc7c6c6ccccc6n7-c6ccccc6)ccc54)cc3c2n1. The van der Waals surface area contributed by atoms with Gasteiger partial charge in [-0.05, 0) is 103 Å². The van der Waals surface area contributed by atoms with Crippen LogP contribution in [-0.2, 0) is 0 Å². The van der Waals surface area contributed by atoms with Gasteiger partial charge >= 0.3 is 0 Å². The van der Waals surface area contributed by atoms with Gasteiger partial charge in [-0.1, -0.05) is 97.1 Å². The van der Waals surface area contributed by atoms with E-state index in [1.807, 2.05) is 43.3 Å². The van der Waals surface area contributed by atoms with Crippen LogP contribution in [-0.4, -0.2) is 18.7 Å². The molecule has 0 saturated carbocycles. The summed E-state index contributed by atoms with van der Waals surface area (Å²) in [6.45, 7) is 2.00. The minimum atomic E-state index is 0.736. The van der Waals surface area contributed by atoms with Gasteiger partial charge in [-0.25, -0.2) is 4.98 Å². The van der Waals surface area contributed by atoms with Gasteiger partial charge in [0.15, 0.2) is 5.58 Å². The van der Waals surface area contributed by atoms with Gasteiger partial charge in [-0.15, -0.1) is 0 Å². The van der Waals surface area contributed by atoms with Crippen LogP contribution in [0.3, 0.4) is 0 Å². The fourth-order valence-electron chi connectivity index (χ4n) is 9.27. The third-order valence-electron chi connectivity index (χ3n) is 11.7. The van der Waals surface area contributed by atoms with E-state index in [1.165, 1.54) is 43.7 Å². The predicted molar refractivity (Wildman–Crippen MR) is 242 cm³/mol. The molecule has 6 nitrogen and oxygen atoms in total. The van der Waals surface area contributed by atoms with Gasteiger partial charge < -0.3 is 19.3 Å². The molecule has 7 aromatic carbocycles. The summed E-state index contributed by atoms with van der Waals surface area (Å²) in [6, 6.07) is 60.3. The Bertz CT molecular complexity index is 3650. The molecule has 0 fully saturated rings. The molecule has 5 aromatic heterocycles. The smallest absolute Gasteiger partial charge is 0.154 e. The van der Waals surface area contributed by atoms with Gasteiger partial charge in [0.05, 0.1) is 39.0 Å². The lowest BCUT2D eigenvalue weighted by atomic mass is 9.98.